The van der Waals surface area contributed by atoms with Gasteiger partial charge in [0.25, 0.3) is 0 Å². The summed E-state index contributed by atoms with van der Waals surface area (Å²) in [4.78, 5) is 9.69. The van der Waals surface area contributed by atoms with E-state index in [0.29, 0.717) is 0 Å². The van der Waals surface area contributed by atoms with Crippen molar-refractivity contribution in [3.63, 3.8) is 0 Å². The zero-order valence-electron chi connectivity index (χ0n) is 16.4. The number of aromatic nitrogens is 1. The van der Waals surface area contributed by atoms with Crippen LogP contribution in [0.15, 0.2) is 46.1 Å². The van der Waals surface area contributed by atoms with Gasteiger partial charge in [0.15, 0.2) is 5.96 Å². The molecule has 2 heterocycles. The molecule has 1 aromatic carbocycles. The van der Waals surface area contributed by atoms with E-state index in [1.807, 2.05) is 18.2 Å². The van der Waals surface area contributed by atoms with E-state index in [2.05, 4.69) is 27.2 Å². The monoisotopic (exact) mass is 385 g/mol. The van der Waals surface area contributed by atoms with Gasteiger partial charge in [0.2, 0.25) is 0 Å². The summed E-state index contributed by atoms with van der Waals surface area (Å²) >= 11 is 0. The van der Waals surface area contributed by atoms with E-state index < -0.39 is 0 Å². The first-order valence-electron chi connectivity index (χ1n) is 10.1. The summed E-state index contributed by atoms with van der Waals surface area (Å²) in [5.41, 5.74) is 2.26. The Labute approximate surface area is 165 Å². The minimum Gasteiger partial charge on any atom is -0.364 e. The molecular formula is C21H28FN5O. The molecular weight excluding hydrogens is 357 g/mol. The molecule has 1 aromatic heterocycles. The molecule has 4 rings (SSSR count). The van der Waals surface area contributed by atoms with Crippen LogP contribution >= 0.6 is 0 Å². The molecule has 2 aliphatic rings. The van der Waals surface area contributed by atoms with E-state index in [1.54, 1.807) is 18.4 Å². The number of hydrogen-bond donors (Lipinski definition) is 1. The molecule has 0 atom stereocenters. The summed E-state index contributed by atoms with van der Waals surface area (Å²) in [5, 5.41) is 7.45. The second-order valence-electron chi connectivity index (χ2n) is 7.71. The molecule has 2 aromatic rings. The Bertz CT molecular complexity index is 778. The minimum atomic E-state index is -0.181. The van der Waals surface area contributed by atoms with Crippen molar-refractivity contribution in [2.75, 3.05) is 39.3 Å². The fourth-order valence-electron chi connectivity index (χ4n) is 3.81. The fourth-order valence-corrected chi connectivity index (χ4v) is 3.81. The second kappa shape index (κ2) is 8.31. The van der Waals surface area contributed by atoms with Crippen molar-refractivity contribution >= 4 is 5.96 Å². The molecule has 0 bridgehead atoms. The highest BCUT2D eigenvalue weighted by molar-refractivity contribution is 5.80. The zero-order chi connectivity index (χ0) is 19.4. The lowest BCUT2D eigenvalue weighted by Gasteiger charge is -2.36. The van der Waals surface area contributed by atoms with Gasteiger partial charge in [0.1, 0.15) is 12.1 Å². The quantitative estimate of drug-likeness (QED) is 0.612. The lowest BCUT2D eigenvalue weighted by Crippen LogP contribution is -2.52. The van der Waals surface area contributed by atoms with Gasteiger partial charge in [0, 0.05) is 50.7 Å². The van der Waals surface area contributed by atoms with Gasteiger partial charge in [-0.25, -0.2) is 4.39 Å². The lowest BCUT2D eigenvalue weighted by atomic mass is 9.96. The van der Waals surface area contributed by atoms with E-state index in [9.17, 15) is 4.39 Å². The Morgan fingerprint density at radius 2 is 1.93 bits per heavy atom. The Morgan fingerprint density at radius 1 is 1.18 bits per heavy atom. The summed E-state index contributed by atoms with van der Waals surface area (Å²) in [6.07, 6.45) is 3.86. The van der Waals surface area contributed by atoms with E-state index >= 15 is 0 Å². The van der Waals surface area contributed by atoms with E-state index in [0.717, 1.165) is 70.3 Å². The third kappa shape index (κ3) is 4.35. The summed E-state index contributed by atoms with van der Waals surface area (Å²) < 4.78 is 18.2. The van der Waals surface area contributed by atoms with Crippen LogP contribution in [-0.4, -0.2) is 60.2 Å². The van der Waals surface area contributed by atoms with Crippen LogP contribution in [0.4, 0.5) is 4.39 Å². The number of aliphatic imine (C=N–C) groups is 1. The molecule has 0 radical (unpaired) electrons. The summed E-state index contributed by atoms with van der Waals surface area (Å²) in [5.74, 6) is 0.803. The number of rotatable bonds is 6. The third-order valence-electron chi connectivity index (χ3n) is 5.73. The van der Waals surface area contributed by atoms with Crippen LogP contribution in [0.1, 0.15) is 31.0 Å². The molecule has 0 unspecified atom stereocenters. The van der Waals surface area contributed by atoms with Crippen LogP contribution in [0.5, 0.6) is 0 Å². The van der Waals surface area contributed by atoms with Crippen LogP contribution in [0.25, 0.3) is 0 Å². The number of halogens is 1. The van der Waals surface area contributed by atoms with Gasteiger partial charge in [-0.1, -0.05) is 17.3 Å². The first-order chi connectivity index (χ1) is 13.7. The van der Waals surface area contributed by atoms with Gasteiger partial charge in [-0.05, 0) is 37.5 Å². The highest BCUT2D eigenvalue weighted by Gasteiger charge is 2.44. The number of nitrogens with zero attached hydrogens (tertiary/aromatic N) is 4. The highest BCUT2D eigenvalue weighted by atomic mass is 19.1. The van der Waals surface area contributed by atoms with E-state index in [1.165, 1.54) is 5.56 Å². The zero-order valence-corrected chi connectivity index (χ0v) is 16.4. The molecule has 2 fully saturated rings. The maximum atomic E-state index is 13.2. The van der Waals surface area contributed by atoms with Crippen molar-refractivity contribution in [2.45, 2.75) is 31.7 Å². The van der Waals surface area contributed by atoms with Gasteiger partial charge in [0.05, 0.1) is 12.2 Å². The third-order valence-corrected chi connectivity index (χ3v) is 5.73. The highest BCUT2D eigenvalue weighted by Crippen LogP contribution is 2.48. The normalized spacial score (nSPS) is 19.6. The molecule has 1 saturated heterocycles. The van der Waals surface area contributed by atoms with E-state index in [-0.39, 0.29) is 11.2 Å². The Kier molecular flexibility index (Phi) is 5.62. The van der Waals surface area contributed by atoms with Gasteiger partial charge in [-0.15, -0.1) is 0 Å². The van der Waals surface area contributed by atoms with Crippen molar-refractivity contribution in [3.05, 3.63) is 53.7 Å². The molecule has 1 N–H and O–H groups in total. The Hall–Kier alpha value is -2.41. The summed E-state index contributed by atoms with van der Waals surface area (Å²) in [6.45, 7) is 8.35. The molecule has 6 nitrogen and oxygen atoms in total. The van der Waals surface area contributed by atoms with Crippen LogP contribution in [-0.2, 0) is 12.0 Å². The number of piperazine rings is 1. The lowest BCUT2D eigenvalue weighted by molar-refractivity contribution is 0.169. The average Bonchev–Trinajstić information content (AvgIpc) is 3.33. The molecule has 28 heavy (non-hydrogen) atoms. The topological polar surface area (TPSA) is 56.9 Å². The number of hydrogen-bond acceptors (Lipinski definition) is 4. The maximum absolute atomic E-state index is 13.2. The first-order valence-corrected chi connectivity index (χ1v) is 10.1. The smallest absolute Gasteiger partial charge is 0.194 e. The first kappa shape index (κ1) is 18.9. The van der Waals surface area contributed by atoms with Crippen molar-refractivity contribution in [2.24, 2.45) is 4.99 Å². The van der Waals surface area contributed by atoms with Gasteiger partial charge < -0.3 is 14.7 Å². The molecule has 1 aliphatic carbocycles. The van der Waals surface area contributed by atoms with E-state index in [4.69, 9.17) is 9.52 Å². The second-order valence-corrected chi connectivity index (χ2v) is 7.71. The van der Waals surface area contributed by atoms with Gasteiger partial charge >= 0.3 is 0 Å². The summed E-state index contributed by atoms with van der Waals surface area (Å²) in [7, 11) is 0. The number of benzene rings is 1. The maximum Gasteiger partial charge on any atom is 0.194 e. The van der Waals surface area contributed by atoms with Crippen LogP contribution < -0.4 is 5.32 Å². The predicted octanol–water partition coefficient (Wildman–Crippen LogP) is 2.63. The van der Waals surface area contributed by atoms with Gasteiger partial charge in [-0.3, -0.25) is 9.89 Å². The molecule has 0 spiro atoms. The van der Waals surface area contributed by atoms with Crippen molar-refractivity contribution in [3.8, 4) is 0 Å². The number of nitrogens with one attached hydrogen (secondary N) is 1. The minimum absolute atomic E-state index is 0.0865. The standard InChI is InChI=1S/C21H28FN5O/c1-2-23-20(24-16-21(8-9-21)17-3-5-18(22)6-4-17)27-12-10-26(11-13-27)15-19-7-14-28-25-19/h3-7,14H,2,8-13,15-16H2,1H3,(H,23,24). The fraction of sp³-hybridized carbons (Fsp3) is 0.524. The van der Waals surface area contributed by atoms with Crippen LogP contribution in [0.3, 0.4) is 0 Å². The van der Waals surface area contributed by atoms with Crippen LogP contribution in [0.2, 0.25) is 0 Å². The predicted molar refractivity (Wildman–Crippen MR) is 107 cm³/mol. The molecule has 1 saturated carbocycles. The average molecular weight is 385 g/mol. The summed E-state index contributed by atoms with van der Waals surface area (Å²) in [6, 6.07) is 8.85. The molecule has 150 valence electrons. The Balaban J connectivity index is 1.37. The van der Waals surface area contributed by atoms with Crippen LogP contribution in [0, 0.1) is 5.82 Å². The van der Waals surface area contributed by atoms with Crippen molar-refractivity contribution in [1.29, 1.82) is 0 Å². The van der Waals surface area contributed by atoms with Crippen molar-refractivity contribution < 1.29 is 8.91 Å². The number of guanidine groups is 1. The molecule has 1 aliphatic heterocycles. The largest absolute Gasteiger partial charge is 0.364 e. The SMILES string of the molecule is CCNC(=NCC1(c2ccc(F)cc2)CC1)N1CCN(Cc2ccon2)CC1. The molecule has 0 amide bonds. The Morgan fingerprint density at radius 3 is 2.54 bits per heavy atom. The van der Waals surface area contributed by atoms with Crippen molar-refractivity contribution in [1.82, 2.24) is 20.3 Å². The van der Waals surface area contributed by atoms with Gasteiger partial charge in [-0.2, -0.15) is 0 Å². The molecule has 7 heteroatoms.